The van der Waals surface area contributed by atoms with Crippen LogP contribution in [0.5, 0.6) is 0 Å². The fourth-order valence-electron chi connectivity index (χ4n) is 4.41. The Labute approximate surface area is 210 Å². The van der Waals surface area contributed by atoms with Crippen molar-refractivity contribution < 1.29 is 13.2 Å². The summed E-state index contributed by atoms with van der Waals surface area (Å²) in [5.41, 5.74) is 5.99. The lowest BCUT2D eigenvalue weighted by Crippen LogP contribution is -2.32. The third-order valence-electron chi connectivity index (χ3n) is 6.47. The van der Waals surface area contributed by atoms with Crippen LogP contribution in [-0.4, -0.2) is 32.9 Å². The second-order valence-corrected chi connectivity index (χ2v) is 11.8. The van der Waals surface area contributed by atoms with Crippen LogP contribution in [0.15, 0.2) is 65.6 Å². The Hall–Kier alpha value is -2.73. The molecule has 0 spiro atoms. The third kappa shape index (κ3) is 6.10. The molecule has 1 aliphatic rings. The molecule has 0 radical (unpaired) electrons. The van der Waals surface area contributed by atoms with Crippen molar-refractivity contribution in [2.75, 3.05) is 18.9 Å². The van der Waals surface area contributed by atoms with Crippen molar-refractivity contribution in [1.82, 2.24) is 10.2 Å². The molecule has 2 N–H and O–H groups in total. The van der Waals surface area contributed by atoms with Gasteiger partial charge in [0, 0.05) is 18.8 Å². The monoisotopic (exact) mass is 509 g/mol. The van der Waals surface area contributed by atoms with Crippen molar-refractivity contribution in [2.24, 2.45) is 0 Å². The molecule has 4 rings (SSSR count). The summed E-state index contributed by atoms with van der Waals surface area (Å²) in [6.45, 7) is 5.83. The second kappa shape index (κ2) is 10.5. The van der Waals surface area contributed by atoms with Gasteiger partial charge in [-0.15, -0.1) is 9.24 Å². The number of hydrogen-bond donors (Lipinski definition) is 2. The van der Waals surface area contributed by atoms with Gasteiger partial charge in [-0.2, -0.15) is 0 Å². The van der Waals surface area contributed by atoms with Crippen molar-refractivity contribution >= 4 is 36.1 Å². The molecule has 0 saturated carbocycles. The first kappa shape index (κ1) is 25.4. The lowest BCUT2D eigenvalue weighted by molar-refractivity contribution is 0.249. The molecule has 0 aliphatic carbocycles. The Morgan fingerprint density at radius 2 is 1.83 bits per heavy atom. The van der Waals surface area contributed by atoms with Crippen LogP contribution in [0.1, 0.15) is 40.8 Å². The number of nitrogens with zero attached hydrogens (tertiary/aromatic N) is 1. The van der Waals surface area contributed by atoms with Crippen molar-refractivity contribution in [3.05, 3.63) is 88.5 Å². The van der Waals surface area contributed by atoms with Crippen LogP contribution in [0.2, 0.25) is 0 Å². The van der Waals surface area contributed by atoms with E-state index in [-0.39, 0.29) is 22.7 Å². The number of benzene rings is 3. The maximum atomic E-state index is 13.0. The van der Waals surface area contributed by atoms with E-state index < -0.39 is 9.84 Å². The van der Waals surface area contributed by atoms with Crippen molar-refractivity contribution in [3.8, 4) is 0 Å². The Bertz CT molecular complexity index is 1340. The third-order valence-corrected chi connectivity index (χ3v) is 8.97. The van der Waals surface area contributed by atoms with E-state index in [4.69, 9.17) is 0 Å². The Balaban J connectivity index is 1.39. The van der Waals surface area contributed by atoms with E-state index >= 15 is 0 Å². The lowest BCUT2D eigenvalue weighted by Gasteiger charge is -2.25. The number of anilines is 1. The van der Waals surface area contributed by atoms with Crippen LogP contribution >= 0.6 is 9.24 Å². The molecule has 35 heavy (non-hydrogen) atoms. The number of amides is 2. The first-order chi connectivity index (χ1) is 16.6. The molecule has 184 valence electrons. The predicted molar refractivity (Wildman–Crippen MR) is 145 cm³/mol. The molecule has 3 aromatic carbocycles. The Kier molecular flexibility index (Phi) is 7.60. The zero-order valence-corrected chi connectivity index (χ0v) is 22.3. The molecule has 2 atom stereocenters. The first-order valence-electron chi connectivity index (χ1n) is 11.7. The average Bonchev–Trinajstić information content (AvgIpc) is 2.81. The van der Waals surface area contributed by atoms with E-state index in [2.05, 4.69) is 31.8 Å². The topological polar surface area (TPSA) is 78.5 Å². The number of sulfone groups is 1. The minimum absolute atomic E-state index is 0.0469. The van der Waals surface area contributed by atoms with E-state index in [1.54, 1.807) is 24.3 Å². The fourth-order valence-corrected chi connectivity index (χ4v) is 6.19. The van der Waals surface area contributed by atoms with Crippen molar-refractivity contribution in [3.63, 3.8) is 0 Å². The number of aryl methyl sites for hydroxylation is 1. The standard InChI is InChI=1S/C27H32N3O3PS/c1-18-5-4-6-25(26(18)34)19(2)28-27(31)29-23-9-11-24(12-10-23)35(32,33)17-20-7-8-22-16-30(3)14-13-21(22)15-20/h4-12,15,19H,13-14,16-17,34H2,1-3H3,(H2,28,29,31). The Morgan fingerprint density at radius 3 is 2.57 bits per heavy atom. The number of nitrogens with one attached hydrogen (secondary N) is 2. The quantitative estimate of drug-likeness (QED) is 0.485. The summed E-state index contributed by atoms with van der Waals surface area (Å²) in [7, 11) is 1.32. The highest BCUT2D eigenvalue weighted by molar-refractivity contribution is 7.90. The van der Waals surface area contributed by atoms with Gasteiger partial charge in [-0.1, -0.05) is 36.4 Å². The molecule has 0 aromatic heterocycles. The number of carbonyl (C=O) groups excluding carboxylic acids is 1. The summed E-state index contributed by atoms with van der Waals surface area (Å²) < 4.78 is 26.0. The maximum absolute atomic E-state index is 13.0. The molecule has 0 fully saturated rings. The van der Waals surface area contributed by atoms with Gasteiger partial charge in [0.05, 0.1) is 16.7 Å². The molecule has 8 heteroatoms. The minimum atomic E-state index is -3.50. The fraction of sp³-hybridized carbons (Fsp3) is 0.296. The Morgan fingerprint density at radius 1 is 1.09 bits per heavy atom. The zero-order valence-electron chi connectivity index (χ0n) is 20.3. The highest BCUT2D eigenvalue weighted by Gasteiger charge is 2.19. The molecule has 6 nitrogen and oxygen atoms in total. The van der Waals surface area contributed by atoms with Crippen LogP contribution in [0.3, 0.4) is 0 Å². The SMILES string of the molecule is Cc1cccc(C(C)NC(=O)Nc2ccc(S(=O)(=O)Cc3ccc4c(c3)CCN(C)C4)cc2)c1P. The van der Waals surface area contributed by atoms with E-state index in [9.17, 15) is 13.2 Å². The van der Waals surface area contributed by atoms with Gasteiger partial charge in [-0.3, -0.25) is 0 Å². The normalized spacial score (nSPS) is 14.7. The maximum Gasteiger partial charge on any atom is 0.319 e. The van der Waals surface area contributed by atoms with Gasteiger partial charge in [-0.05, 0) is 84.7 Å². The molecule has 0 saturated heterocycles. The number of likely N-dealkylation sites (N-methyl/N-ethyl adjacent to an activating group) is 1. The van der Waals surface area contributed by atoms with Crippen LogP contribution in [-0.2, 0) is 28.6 Å². The van der Waals surface area contributed by atoms with Gasteiger partial charge in [-0.25, -0.2) is 13.2 Å². The predicted octanol–water partition coefficient (Wildman–Crippen LogP) is 4.34. The number of carbonyl (C=O) groups is 1. The molecule has 2 unspecified atom stereocenters. The molecular weight excluding hydrogens is 477 g/mol. The highest BCUT2D eigenvalue weighted by atomic mass is 32.2. The van der Waals surface area contributed by atoms with Gasteiger partial charge < -0.3 is 15.5 Å². The molecular formula is C27H32N3O3PS. The zero-order chi connectivity index (χ0) is 25.2. The number of hydrogen-bond acceptors (Lipinski definition) is 4. The number of urea groups is 1. The summed E-state index contributed by atoms with van der Waals surface area (Å²) in [6, 6.07) is 17.8. The van der Waals surface area contributed by atoms with Gasteiger partial charge in [0.25, 0.3) is 0 Å². The molecule has 2 amide bonds. The molecule has 1 aliphatic heterocycles. The summed E-state index contributed by atoms with van der Waals surface area (Å²) in [6.07, 6.45) is 0.934. The lowest BCUT2D eigenvalue weighted by atomic mass is 9.98. The van der Waals surface area contributed by atoms with Crippen LogP contribution in [0, 0.1) is 6.92 Å². The average molecular weight is 510 g/mol. The van der Waals surface area contributed by atoms with Gasteiger partial charge >= 0.3 is 6.03 Å². The summed E-state index contributed by atoms with van der Waals surface area (Å²) in [5, 5.41) is 6.79. The van der Waals surface area contributed by atoms with E-state index in [0.29, 0.717) is 5.69 Å². The molecule has 1 heterocycles. The van der Waals surface area contributed by atoms with Gasteiger partial charge in [0.1, 0.15) is 0 Å². The van der Waals surface area contributed by atoms with Crippen molar-refractivity contribution in [2.45, 2.75) is 43.5 Å². The highest BCUT2D eigenvalue weighted by Crippen LogP contribution is 2.24. The smallest absolute Gasteiger partial charge is 0.319 e. The van der Waals surface area contributed by atoms with Crippen LogP contribution in [0.25, 0.3) is 0 Å². The summed E-state index contributed by atoms with van der Waals surface area (Å²) in [5.74, 6) is -0.0469. The first-order valence-corrected chi connectivity index (χ1v) is 13.9. The van der Waals surface area contributed by atoms with E-state index in [1.165, 1.54) is 11.1 Å². The number of fused-ring (bicyclic) bond motifs is 1. The van der Waals surface area contributed by atoms with Gasteiger partial charge in [0.2, 0.25) is 0 Å². The summed E-state index contributed by atoms with van der Waals surface area (Å²) >= 11 is 0. The van der Waals surface area contributed by atoms with Crippen LogP contribution < -0.4 is 15.9 Å². The summed E-state index contributed by atoms with van der Waals surface area (Å²) in [4.78, 5) is 15.0. The number of rotatable bonds is 6. The van der Waals surface area contributed by atoms with E-state index in [1.807, 2.05) is 50.2 Å². The molecule has 3 aromatic rings. The minimum Gasteiger partial charge on any atom is -0.331 e. The van der Waals surface area contributed by atoms with Crippen LogP contribution in [0.4, 0.5) is 10.5 Å². The molecule has 0 bridgehead atoms. The second-order valence-electron chi connectivity index (χ2n) is 9.27. The van der Waals surface area contributed by atoms with E-state index in [0.717, 1.165) is 41.5 Å². The largest absolute Gasteiger partial charge is 0.331 e. The van der Waals surface area contributed by atoms with Crippen molar-refractivity contribution in [1.29, 1.82) is 0 Å². The van der Waals surface area contributed by atoms with Gasteiger partial charge in [0.15, 0.2) is 9.84 Å².